The van der Waals surface area contributed by atoms with Gasteiger partial charge in [-0.25, -0.2) is 0 Å². The molecule has 0 heterocycles. The van der Waals surface area contributed by atoms with Crippen LogP contribution >= 0.6 is 0 Å². The molecule has 0 N–H and O–H groups in total. The number of rotatable bonds is 51. The minimum Gasteiger partial charge on any atom is -0.462 e. The molecule has 0 rings (SSSR count). The second kappa shape index (κ2) is 60.8. The van der Waals surface area contributed by atoms with Gasteiger partial charge < -0.3 is 14.2 Å². The monoisotopic (exact) mass is 991 g/mol. The highest BCUT2D eigenvalue weighted by molar-refractivity contribution is 5.70. The van der Waals surface area contributed by atoms with Crippen molar-refractivity contribution in [2.75, 3.05) is 19.8 Å². The van der Waals surface area contributed by atoms with Crippen molar-refractivity contribution < 1.29 is 23.8 Å². The molecular formula is C67H106O5. The molecule has 0 radical (unpaired) electrons. The summed E-state index contributed by atoms with van der Waals surface area (Å²) in [6, 6.07) is 0. The van der Waals surface area contributed by atoms with Crippen molar-refractivity contribution in [2.24, 2.45) is 0 Å². The number of hydrogen-bond donors (Lipinski definition) is 0. The van der Waals surface area contributed by atoms with E-state index in [-0.39, 0.29) is 31.6 Å². The van der Waals surface area contributed by atoms with Crippen LogP contribution in [-0.2, 0) is 23.8 Å². The molecular weight excluding hydrogens is 885 g/mol. The second-order valence-corrected chi connectivity index (χ2v) is 18.4. The molecule has 404 valence electrons. The van der Waals surface area contributed by atoms with Crippen molar-refractivity contribution in [3.63, 3.8) is 0 Å². The van der Waals surface area contributed by atoms with Gasteiger partial charge in [0.15, 0.2) is 6.10 Å². The van der Waals surface area contributed by atoms with Gasteiger partial charge in [0.2, 0.25) is 0 Å². The summed E-state index contributed by atoms with van der Waals surface area (Å²) < 4.78 is 17.4. The van der Waals surface area contributed by atoms with E-state index in [1.165, 1.54) is 70.6 Å². The molecule has 0 aliphatic heterocycles. The molecule has 0 aliphatic rings. The topological polar surface area (TPSA) is 61.8 Å². The predicted octanol–water partition coefficient (Wildman–Crippen LogP) is 20.2. The molecule has 0 bridgehead atoms. The molecule has 0 saturated heterocycles. The molecule has 1 unspecified atom stereocenters. The normalized spacial score (nSPS) is 13.4. The lowest BCUT2D eigenvalue weighted by Crippen LogP contribution is -2.30. The Kier molecular flexibility index (Phi) is 57.0. The van der Waals surface area contributed by atoms with Gasteiger partial charge in [-0.15, -0.1) is 0 Å². The first-order valence-corrected chi connectivity index (χ1v) is 29.0. The van der Waals surface area contributed by atoms with Gasteiger partial charge in [0.25, 0.3) is 0 Å². The summed E-state index contributed by atoms with van der Waals surface area (Å²) in [5.41, 5.74) is 0. The summed E-state index contributed by atoms with van der Waals surface area (Å²) in [4.78, 5) is 25.5. The fraction of sp³-hybridized carbons (Fsp3) is 0.582. The summed E-state index contributed by atoms with van der Waals surface area (Å²) in [5.74, 6) is -0.545. The maximum Gasteiger partial charge on any atom is 0.306 e. The average Bonchev–Trinajstić information content (AvgIpc) is 3.38. The van der Waals surface area contributed by atoms with Crippen LogP contribution in [-0.4, -0.2) is 37.9 Å². The third-order valence-corrected chi connectivity index (χ3v) is 11.5. The van der Waals surface area contributed by atoms with Crippen LogP contribution in [0.3, 0.4) is 0 Å². The van der Waals surface area contributed by atoms with Crippen LogP contribution in [0.5, 0.6) is 0 Å². The fourth-order valence-electron chi connectivity index (χ4n) is 7.30. The first kappa shape index (κ1) is 67.5. The predicted molar refractivity (Wildman–Crippen MR) is 315 cm³/mol. The zero-order valence-corrected chi connectivity index (χ0v) is 46.4. The smallest absolute Gasteiger partial charge is 0.306 e. The zero-order chi connectivity index (χ0) is 52.0. The van der Waals surface area contributed by atoms with E-state index in [1.54, 1.807) is 0 Å². The molecule has 0 aliphatic carbocycles. The first-order valence-electron chi connectivity index (χ1n) is 29.0. The lowest BCUT2D eigenvalue weighted by molar-refractivity contribution is -0.162. The number of carbonyl (C=O) groups is 2. The van der Waals surface area contributed by atoms with E-state index in [0.29, 0.717) is 19.4 Å². The van der Waals surface area contributed by atoms with Crippen molar-refractivity contribution >= 4 is 11.9 Å². The number of esters is 2. The van der Waals surface area contributed by atoms with Crippen molar-refractivity contribution in [3.8, 4) is 0 Å². The van der Waals surface area contributed by atoms with Crippen molar-refractivity contribution in [2.45, 2.75) is 232 Å². The molecule has 72 heavy (non-hydrogen) atoms. The Hall–Kier alpha value is -4.48. The van der Waals surface area contributed by atoms with Gasteiger partial charge in [-0.1, -0.05) is 237 Å². The Morgan fingerprint density at radius 3 is 1.06 bits per heavy atom. The van der Waals surface area contributed by atoms with Gasteiger partial charge >= 0.3 is 11.9 Å². The average molecular weight is 992 g/mol. The lowest BCUT2D eigenvalue weighted by Gasteiger charge is -2.18. The third kappa shape index (κ3) is 58.1. The summed E-state index contributed by atoms with van der Waals surface area (Å²) in [7, 11) is 0. The van der Waals surface area contributed by atoms with E-state index in [0.717, 1.165) is 116 Å². The minimum atomic E-state index is -0.601. The van der Waals surface area contributed by atoms with E-state index in [9.17, 15) is 9.59 Å². The Labute approximate surface area is 444 Å². The van der Waals surface area contributed by atoms with Gasteiger partial charge in [-0.3, -0.25) is 9.59 Å². The van der Waals surface area contributed by atoms with Crippen LogP contribution in [0, 0.1) is 0 Å². The molecule has 0 spiro atoms. The maximum atomic E-state index is 12.9. The van der Waals surface area contributed by atoms with Crippen LogP contribution in [0.1, 0.15) is 226 Å². The molecule has 0 amide bonds. The van der Waals surface area contributed by atoms with Gasteiger partial charge in [0.05, 0.1) is 6.61 Å². The summed E-state index contributed by atoms with van der Waals surface area (Å²) in [6.07, 6.45) is 89.9. The number of allylic oxidation sites excluding steroid dienone is 26. The van der Waals surface area contributed by atoms with Crippen LogP contribution in [0.15, 0.2) is 158 Å². The zero-order valence-electron chi connectivity index (χ0n) is 46.4. The van der Waals surface area contributed by atoms with Gasteiger partial charge in [0, 0.05) is 19.4 Å². The highest BCUT2D eigenvalue weighted by Gasteiger charge is 2.17. The molecule has 0 aromatic heterocycles. The Morgan fingerprint density at radius 1 is 0.319 bits per heavy atom. The first-order chi connectivity index (χ1) is 35.6. The Balaban J connectivity index is 4.51. The van der Waals surface area contributed by atoms with Crippen molar-refractivity contribution in [3.05, 3.63) is 158 Å². The quantitative estimate of drug-likeness (QED) is 0.0345. The third-order valence-electron chi connectivity index (χ3n) is 11.5. The van der Waals surface area contributed by atoms with E-state index in [2.05, 4.69) is 173 Å². The number of unbranched alkanes of at least 4 members (excludes halogenated alkanes) is 14. The van der Waals surface area contributed by atoms with Crippen LogP contribution in [0.2, 0.25) is 0 Å². The standard InChI is InChI=1S/C67H106O5/c1-4-7-10-13-16-19-22-25-28-31-34-36-39-42-45-48-51-54-57-60-66(68)71-64-65(63-70-62-59-56-53-50-47-44-41-38-33-30-27-24-21-18-15-12-9-6-3)72-67(69)61-58-55-52-49-46-43-40-37-35-32-29-26-23-20-17-14-11-8-5-2/h7-8,10-11,16-21,25-30,34-37,42-43,45-46,51,54,65H,4-6,9,12-15,22-24,31-33,38-41,44,47-50,52-53,55-64H2,1-3H3/b10-7-,11-8-,19-16-,20-17-,21-18-,28-25-,29-26-,30-27-,36-34-,37-35-,45-42-,46-43-,54-51-. The van der Waals surface area contributed by atoms with Crippen LogP contribution in [0.4, 0.5) is 0 Å². The number of carbonyl (C=O) groups excluding carboxylic acids is 2. The van der Waals surface area contributed by atoms with E-state index in [4.69, 9.17) is 14.2 Å². The maximum absolute atomic E-state index is 12.9. The summed E-state index contributed by atoms with van der Waals surface area (Å²) >= 11 is 0. The van der Waals surface area contributed by atoms with E-state index < -0.39 is 6.10 Å². The molecule has 0 aromatic rings. The highest BCUT2D eigenvalue weighted by atomic mass is 16.6. The SMILES string of the molecule is CC/C=C\C/C=C\C/C=C\C/C=C\C/C=C\C/C=C\CCC(=O)OCC(COCCCCCCCCCC/C=C\C/C=C\CCCCC)OC(=O)CCCCC/C=C\C/C=C\C/C=C\C/C=C\C/C=C\CC. The van der Waals surface area contributed by atoms with Gasteiger partial charge in [0.1, 0.15) is 6.61 Å². The van der Waals surface area contributed by atoms with E-state index in [1.807, 2.05) is 6.08 Å². The Bertz CT molecular complexity index is 1590. The van der Waals surface area contributed by atoms with Crippen LogP contribution in [0.25, 0.3) is 0 Å². The minimum absolute atomic E-state index is 0.0182. The molecule has 0 saturated carbocycles. The lowest BCUT2D eigenvalue weighted by atomic mass is 10.1. The summed E-state index contributed by atoms with van der Waals surface area (Å²) in [5, 5.41) is 0. The molecule has 5 heteroatoms. The fourth-order valence-corrected chi connectivity index (χ4v) is 7.30. The second-order valence-electron chi connectivity index (χ2n) is 18.4. The van der Waals surface area contributed by atoms with Crippen molar-refractivity contribution in [1.29, 1.82) is 0 Å². The largest absolute Gasteiger partial charge is 0.462 e. The van der Waals surface area contributed by atoms with Gasteiger partial charge in [-0.2, -0.15) is 0 Å². The van der Waals surface area contributed by atoms with Crippen LogP contribution < -0.4 is 0 Å². The number of ether oxygens (including phenoxy) is 3. The molecule has 0 fully saturated rings. The molecule has 5 nitrogen and oxygen atoms in total. The Morgan fingerprint density at radius 2 is 0.653 bits per heavy atom. The molecule has 1 atom stereocenters. The van der Waals surface area contributed by atoms with E-state index >= 15 is 0 Å². The van der Waals surface area contributed by atoms with Gasteiger partial charge in [-0.05, 0) is 135 Å². The van der Waals surface area contributed by atoms with Crippen molar-refractivity contribution in [1.82, 2.24) is 0 Å². The summed E-state index contributed by atoms with van der Waals surface area (Å²) in [6.45, 7) is 7.43. The molecule has 0 aromatic carbocycles. The number of hydrogen-bond acceptors (Lipinski definition) is 5. The highest BCUT2D eigenvalue weighted by Crippen LogP contribution is 2.12.